The number of rotatable bonds is 14. The van der Waals surface area contributed by atoms with E-state index in [0.717, 1.165) is 27.8 Å². The van der Waals surface area contributed by atoms with E-state index in [2.05, 4.69) is 25.0 Å². The Labute approximate surface area is 244 Å². The van der Waals surface area contributed by atoms with E-state index in [1.807, 2.05) is 52.0 Å². The van der Waals surface area contributed by atoms with E-state index in [1.165, 1.54) is 0 Å². The summed E-state index contributed by atoms with van der Waals surface area (Å²) in [5, 5.41) is 13.1. The smallest absolute Gasteiger partial charge is 0.354 e. The van der Waals surface area contributed by atoms with Crippen LogP contribution in [0.1, 0.15) is 81.2 Å². The molecule has 0 aliphatic rings. The Morgan fingerprint density at radius 2 is 1.56 bits per heavy atom. The Bertz CT molecular complexity index is 1330. The molecule has 0 saturated carbocycles. The lowest BCUT2D eigenvalue weighted by molar-refractivity contribution is -0.151. The van der Waals surface area contributed by atoms with Gasteiger partial charge < -0.3 is 19.1 Å². The Kier molecular flexibility index (Phi) is 11.5. The number of hydrogen-bond donors (Lipinski definition) is 2. The number of para-hydroxylation sites is 1. The van der Waals surface area contributed by atoms with Gasteiger partial charge in [0.1, 0.15) is 29.4 Å². The van der Waals surface area contributed by atoms with Crippen molar-refractivity contribution in [2.45, 2.75) is 85.8 Å². The summed E-state index contributed by atoms with van der Waals surface area (Å²) >= 11 is 0. The van der Waals surface area contributed by atoms with Crippen molar-refractivity contribution in [3.05, 3.63) is 88.5 Å². The van der Waals surface area contributed by atoms with Gasteiger partial charge in [0.05, 0.1) is 0 Å². The standard InChI is InChI=1S/C33H44NO6P/c1-8-27(9-2)39-33(36)25(7)34-41(37,40-28-13-11-10-12-14-28)21-38-29-17-23(5)31(24(6)18-29)20-26-15-16-32(35)30(19-26)22(3)4/h10-19,22,25,27,35H,8-9,20-21H2,1-7H3,(H,34,37)/t25-,41?/m0/s1. The van der Waals surface area contributed by atoms with Gasteiger partial charge in [-0.15, -0.1) is 0 Å². The Balaban J connectivity index is 1.78. The van der Waals surface area contributed by atoms with Crippen molar-refractivity contribution in [3.8, 4) is 17.2 Å². The molecule has 0 spiro atoms. The number of benzene rings is 3. The first kappa shape index (κ1) is 32.2. The molecule has 0 aromatic heterocycles. The molecule has 0 bridgehead atoms. The Hall–Kier alpha value is -3.28. The van der Waals surface area contributed by atoms with E-state index in [4.69, 9.17) is 14.0 Å². The van der Waals surface area contributed by atoms with E-state index in [-0.39, 0.29) is 18.4 Å². The third-order valence-electron chi connectivity index (χ3n) is 7.10. The molecule has 0 fully saturated rings. The van der Waals surface area contributed by atoms with Gasteiger partial charge in [0.25, 0.3) is 0 Å². The van der Waals surface area contributed by atoms with E-state index >= 15 is 0 Å². The maximum atomic E-state index is 14.0. The van der Waals surface area contributed by atoms with Crippen LogP contribution in [0.25, 0.3) is 0 Å². The summed E-state index contributed by atoms with van der Waals surface area (Å²) < 4.78 is 31.5. The molecule has 7 nitrogen and oxygen atoms in total. The molecule has 2 atom stereocenters. The molecule has 0 amide bonds. The topological polar surface area (TPSA) is 94.1 Å². The summed E-state index contributed by atoms with van der Waals surface area (Å²) in [6.07, 6.45) is 1.65. The molecular formula is C33H44NO6P. The number of phenols is 1. The highest BCUT2D eigenvalue weighted by Crippen LogP contribution is 2.44. The zero-order chi connectivity index (χ0) is 30.2. The lowest BCUT2D eigenvalue weighted by Crippen LogP contribution is -2.37. The van der Waals surface area contributed by atoms with Gasteiger partial charge in [0, 0.05) is 0 Å². The number of aryl methyl sites for hydroxylation is 2. The van der Waals surface area contributed by atoms with Crippen LogP contribution in [0.5, 0.6) is 17.2 Å². The third-order valence-corrected chi connectivity index (χ3v) is 8.85. The quantitative estimate of drug-likeness (QED) is 0.147. The summed E-state index contributed by atoms with van der Waals surface area (Å²) in [6, 6.07) is 17.6. The number of carbonyl (C=O) groups is 1. The fourth-order valence-corrected chi connectivity index (χ4v) is 6.32. The molecule has 3 aromatic carbocycles. The minimum atomic E-state index is -3.69. The molecule has 0 aliphatic carbocycles. The van der Waals surface area contributed by atoms with Crippen molar-refractivity contribution in [2.75, 3.05) is 6.35 Å². The summed E-state index contributed by atoms with van der Waals surface area (Å²) in [5.41, 5.74) is 5.28. The third kappa shape index (κ3) is 9.11. The summed E-state index contributed by atoms with van der Waals surface area (Å²) in [7, 11) is -3.69. The molecule has 2 N–H and O–H groups in total. The number of hydrogen-bond acceptors (Lipinski definition) is 6. The average Bonchev–Trinajstić information content (AvgIpc) is 2.93. The van der Waals surface area contributed by atoms with Gasteiger partial charge in [0.15, 0.2) is 6.35 Å². The van der Waals surface area contributed by atoms with Crippen LogP contribution < -0.4 is 14.3 Å². The highest BCUT2D eigenvalue weighted by atomic mass is 31.2. The summed E-state index contributed by atoms with van der Waals surface area (Å²) in [6.45, 7) is 13.7. The normalized spacial score (nSPS) is 13.6. The van der Waals surface area contributed by atoms with Gasteiger partial charge in [-0.3, -0.25) is 9.36 Å². The highest BCUT2D eigenvalue weighted by Gasteiger charge is 2.32. The zero-order valence-electron chi connectivity index (χ0n) is 25.3. The molecule has 3 aromatic rings. The number of nitrogens with one attached hydrogen (secondary N) is 1. The Morgan fingerprint density at radius 3 is 2.15 bits per heavy atom. The molecule has 0 aliphatic heterocycles. The predicted octanol–water partition coefficient (Wildman–Crippen LogP) is 8.04. The van der Waals surface area contributed by atoms with Crippen LogP contribution in [0.15, 0.2) is 60.7 Å². The second-order valence-electron chi connectivity index (χ2n) is 10.8. The van der Waals surface area contributed by atoms with Crippen LogP contribution >= 0.6 is 7.52 Å². The molecule has 41 heavy (non-hydrogen) atoms. The lowest BCUT2D eigenvalue weighted by atomic mass is 9.93. The first-order valence-electron chi connectivity index (χ1n) is 14.3. The van der Waals surface area contributed by atoms with Crippen molar-refractivity contribution in [3.63, 3.8) is 0 Å². The molecule has 3 rings (SSSR count). The minimum absolute atomic E-state index is 0.194. The summed E-state index contributed by atoms with van der Waals surface area (Å²) in [4.78, 5) is 12.7. The fourth-order valence-electron chi connectivity index (χ4n) is 4.67. The van der Waals surface area contributed by atoms with Gasteiger partial charge in [-0.1, -0.05) is 58.0 Å². The van der Waals surface area contributed by atoms with Crippen molar-refractivity contribution >= 4 is 13.5 Å². The largest absolute Gasteiger partial charge is 0.508 e. The molecule has 222 valence electrons. The van der Waals surface area contributed by atoms with Crippen LogP contribution in [0, 0.1) is 13.8 Å². The number of phenolic OH excluding ortho intramolecular Hbond substituents is 1. The van der Waals surface area contributed by atoms with Crippen molar-refractivity contribution in [1.82, 2.24) is 5.09 Å². The second-order valence-corrected chi connectivity index (χ2v) is 12.9. The van der Waals surface area contributed by atoms with Gasteiger partial charge in [-0.05, 0) is 104 Å². The number of aromatic hydroxyl groups is 1. The maximum Gasteiger partial charge on any atom is 0.354 e. The molecule has 0 radical (unpaired) electrons. The Morgan fingerprint density at radius 1 is 0.927 bits per heavy atom. The number of carbonyl (C=O) groups excluding carboxylic acids is 1. The van der Waals surface area contributed by atoms with Gasteiger partial charge >= 0.3 is 13.5 Å². The van der Waals surface area contributed by atoms with Gasteiger partial charge in [-0.25, -0.2) is 5.09 Å². The van der Waals surface area contributed by atoms with Gasteiger partial charge in [-0.2, -0.15) is 0 Å². The first-order valence-corrected chi connectivity index (χ1v) is 16.1. The van der Waals surface area contributed by atoms with Crippen molar-refractivity contribution in [1.29, 1.82) is 0 Å². The zero-order valence-corrected chi connectivity index (χ0v) is 26.2. The molecule has 0 heterocycles. The maximum absolute atomic E-state index is 14.0. The van der Waals surface area contributed by atoms with E-state index in [1.54, 1.807) is 37.3 Å². The first-order chi connectivity index (χ1) is 19.4. The van der Waals surface area contributed by atoms with Crippen LogP contribution in [0.2, 0.25) is 0 Å². The summed E-state index contributed by atoms with van der Waals surface area (Å²) in [5.74, 6) is 1.02. The average molecular weight is 582 g/mol. The fraction of sp³-hybridized carbons (Fsp3) is 0.424. The van der Waals surface area contributed by atoms with Crippen molar-refractivity contribution < 1.29 is 28.5 Å². The highest BCUT2D eigenvalue weighted by molar-refractivity contribution is 7.57. The van der Waals surface area contributed by atoms with Crippen molar-refractivity contribution in [2.24, 2.45) is 0 Å². The van der Waals surface area contributed by atoms with E-state index in [0.29, 0.717) is 36.5 Å². The minimum Gasteiger partial charge on any atom is -0.508 e. The molecule has 0 saturated heterocycles. The predicted molar refractivity (Wildman–Crippen MR) is 164 cm³/mol. The van der Waals surface area contributed by atoms with Crippen LogP contribution in [-0.4, -0.2) is 29.6 Å². The van der Waals surface area contributed by atoms with Crippen LogP contribution in [0.4, 0.5) is 0 Å². The number of esters is 1. The second kappa shape index (κ2) is 14.6. The molecular weight excluding hydrogens is 537 g/mol. The van der Waals surface area contributed by atoms with Crippen LogP contribution in [0.3, 0.4) is 0 Å². The number of ether oxygens (including phenoxy) is 2. The monoisotopic (exact) mass is 581 g/mol. The lowest BCUT2D eigenvalue weighted by Gasteiger charge is -2.25. The van der Waals surface area contributed by atoms with E-state index < -0.39 is 19.5 Å². The molecule has 8 heteroatoms. The van der Waals surface area contributed by atoms with Gasteiger partial charge in [0.2, 0.25) is 0 Å². The SMILES string of the molecule is CCC(CC)OC(=O)[C@H](C)NP(=O)(COc1cc(C)c(Cc2ccc(O)c(C(C)C)c2)c(C)c1)Oc1ccccc1. The van der Waals surface area contributed by atoms with Crippen LogP contribution in [-0.2, 0) is 20.5 Å². The molecule has 1 unspecified atom stereocenters. The van der Waals surface area contributed by atoms with E-state index in [9.17, 15) is 14.5 Å².